The molecule has 0 aliphatic heterocycles. The topological polar surface area (TPSA) is 51.2 Å². The van der Waals surface area contributed by atoms with Crippen LogP contribution in [0.5, 0.6) is 5.75 Å². The Bertz CT molecular complexity index is 1000. The predicted molar refractivity (Wildman–Crippen MR) is 110 cm³/mol. The van der Waals surface area contributed by atoms with Crippen molar-refractivity contribution in [1.29, 1.82) is 0 Å². The molecule has 2 aromatic carbocycles. The van der Waals surface area contributed by atoms with Crippen LogP contribution in [0.3, 0.4) is 0 Å². The highest BCUT2D eigenvalue weighted by Crippen LogP contribution is 2.32. The largest absolute Gasteiger partial charge is 0.487 e. The van der Waals surface area contributed by atoms with E-state index in [4.69, 9.17) is 4.74 Å². The predicted octanol–water partition coefficient (Wildman–Crippen LogP) is 5.45. The molecule has 0 radical (unpaired) electrons. The number of thiazole rings is 1. The fraction of sp³-hybridized carbons (Fsp3) is 0.273. The van der Waals surface area contributed by atoms with Crippen LogP contribution >= 0.6 is 11.3 Å². The van der Waals surface area contributed by atoms with E-state index in [-0.39, 0.29) is 12.5 Å². The molecule has 1 N–H and O–H groups in total. The Kier molecular flexibility index (Phi) is 6.45. The van der Waals surface area contributed by atoms with E-state index in [9.17, 15) is 18.0 Å². The highest BCUT2D eigenvalue weighted by atomic mass is 32.1. The van der Waals surface area contributed by atoms with Gasteiger partial charge in [-0.25, -0.2) is 4.98 Å². The normalized spacial score (nSPS) is 11.9. The van der Waals surface area contributed by atoms with Crippen LogP contribution in [0, 0.1) is 0 Å². The molecule has 0 aliphatic carbocycles. The average molecular weight is 434 g/mol. The molecule has 0 atom stereocenters. The van der Waals surface area contributed by atoms with Crippen molar-refractivity contribution in [2.24, 2.45) is 0 Å². The number of halogens is 3. The zero-order chi connectivity index (χ0) is 21.8. The summed E-state index contributed by atoms with van der Waals surface area (Å²) < 4.78 is 44.6. The molecule has 4 nitrogen and oxygen atoms in total. The van der Waals surface area contributed by atoms with Gasteiger partial charge in [0, 0.05) is 22.9 Å². The molecule has 0 unspecified atom stereocenters. The zero-order valence-corrected chi connectivity index (χ0v) is 17.3. The summed E-state index contributed by atoms with van der Waals surface area (Å²) in [7, 11) is 0. The van der Waals surface area contributed by atoms with Crippen molar-refractivity contribution in [3.63, 3.8) is 0 Å². The van der Waals surface area contributed by atoms with Gasteiger partial charge in [0.15, 0.2) is 0 Å². The fourth-order valence-corrected chi connectivity index (χ4v) is 3.36. The molecule has 0 fully saturated rings. The highest BCUT2D eigenvalue weighted by Gasteiger charge is 2.32. The molecule has 8 heteroatoms. The first-order chi connectivity index (χ1) is 14.1. The summed E-state index contributed by atoms with van der Waals surface area (Å²) in [6.07, 6.45) is -4.41. The maximum absolute atomic E-state index is 13.0. The summed E-state index contributed by atoms with van der Waals surface area (Å²) in [6, 6.07) is 11.9. The first-order valence-electron chi connectivity index (χ1n) is 9.21. The number of nitrogens with one attached hydrogen (secondary N) is 1. The summed E-state index contributed by atoms with van der Waals surface area (Å²) in [4.78, 5) is 16.7. The van der Waals surface area contributed by atoms with Crippen LogP contribution in [0.4, 0.5) is 13.2 Å². The number of rotatable bonds is 7. The van der Waals surface area contributed by atoms with Crippen LogP contribution in [-0.4, -0.2) is 17.4 Å². The minimum absolute atomic E-state index is 0.178. The fourth-order valence-electron chi connectivity index (χ4n) is 2.82. The quantitative estimate of drug-likeness (QED) is 0.538. The molecular formula is C22H21F3N2O2S. The third kappa shape index (κ3) is 5.60. The third-order valence-electron chi connectivity index (χ3n) is 4.63. The van der Waals surface area contributed by atoms with Crippen LogP contribution in [0.15, 0.2) is 59.4 Å². The van der Waals surface area contributed by atoms with E-state index < -0.39 is 17.2 Å². The van der Waals surface area contributed by atoms with Crippen molar-refractivity contribution in [2.75, 3.05) is 6.54 Å². The van der Waals surface area contributed by atoms with Gasteiger partial charge in [0.25, 0.3) is 5.91 Å². The van der Waals surface area contributed by atoms with Crippen molar-refractivity contribution in [2.45, 2.75) is 32.0 Å². The second-order valence-electron chi connectivity index (χ2n) is 7.44. The van der Waals surface area contributed by atoms with Crippen LogP contribution < -0.4 is 10.1 Å². The number of benzene rings is 2. The number of carbonyl (C=O) groups excluding carboxylic acids is 1. The van der Waals surface area contributed by atoms with Crippen molar-refractivity contribution in [1.82, 2.24) is 10.3 Å². The lowest BCUT2D eigenvalue weighted by Crippen LogP contribution is -2.36. The van der Waals surface area contributed by atoms with Crippen molar-refractivity contribution in [3.05, 3.63) is 81.8 Å². The minimum Gasteiger partial charge on any atom is -0.487 e. The van der Waals surface area contributed by atoms with Gasteiger partial charge in [0.1, 0.15) is 12.4 Å². The molecular weight excluding hydrogens is 413 g/mol. The third-order valence-corrected chi connectivity index (χ3v) is 5.26. The Morgan fingerprint density at radius 3 is 2.53 bits per heavy atom. The van der Waals surface area contributed by atoms with Gasteiger partial charge in [0.2, 0.25) is 0 Å². The number of carbonyl (C=O) groups is 1. The highest BCUT2D eigenvalue weighted by molar-refractivity contribution is 7.07. The second-order valence-corrected chi connectivity index (χ2v) is 8.16. The second kappa shape index (κ2) is 8.87. The Balaban J connectivity index is 1.64. The number of ether oxygens (including phenoxy) is 1. The van der Waals surface area contributed by atoms with E-state index in [1.54, 1.807) is 49.7 Å². The molecule has 30 heavy (non-hydrogen) atoms. The number of hydrogen-bond donors (Lipinski definition) is 1. The number of alkyl halides is 3. The number of hydrogen-bond acceptors (Lipinski definition) is 4. The lowest BCUT2D eigenvalue weighted by Gasteiger charge is -2.26. The van der Waals surface area contributed by atoms with Gasteiger partial charge in [-0.15, -0.1) is 11.3 Å². The van der Waals surface area contributed by atoms with Crippen LogP contribution in [0.1, 0.15) is 41.0 Å². The van der Waals surface area contributed by atoms with Gasteiger partial charge < -0.3 is 10.1 Å². The Labute approximate surface area is 176 Å². The molecule has 1 amide bonds. The standard InChI is InChI=1S/C22H21F3N2O2S/c1-21(2,16-6-4-7-17(10-16)22(23,24)25)13-26-20(28)15-5-3-8-19(9-15)29-11-18-12-30-14-27-18/h3-10,12,14H,11,13H2,1-2H3,(H,26,28). The van der Waals surface area contributed by atoms with Crippen LogP contribution in [0.2, 0.25) is 0 Å². The summed E-state index contributed by atoms with van der Waals surface area (Å²) in [6.45, 7) is 4.06. The first-order valence-corrected chi connectivity index (χ1v) is 10.2. The molecule has 0 aliphatic rings. The molecule has 0 saturated carbocycles. The first kappa shape index (κ1) is 21.8. The molecule has 1 aromatic heterocycles. The maximum Gasteiger partial charge on any atom is 0.416 e. The Morgan fingerprint density at radius 2 is 1.83 bits per heavy atom. The SMILES string of the molecule is CC(C)(CNC(=O)c1cccc(OCc2cscn2)c1)c1cccc(C(F)(F)F)c1. The molecule has 1 heterocycles. The number of amides is 1. The smallest absolute Gasteiger partial charge is 0.416 e. The van der Waals surface area contributed by atoms with Gasteiger partial charge in [-0.2, -0.15) is 13.2 Å². The molecule has 0 bridgehead atoms. The lowest BCUT2D eigenvalue weighted by atomic mass is 9.83. The number of nitrogens with zero attached hydrogens (tertiary/aromatic N) is 1. The van der Waals surface area contributed by atoms with Gasteiger partial charge >= 0.3 is 6.18 Å². The van der Waals surface area contributed by atoms with E-state index in [0.29, 0.717) is 23.5 Å². The van der Waals surface area contributed by atoms with Gasteiger partial charge in [-0.3, -0.25) is 4.79 Å². The molecule has 3 rings (SSSR count). The van der Waals surface area contributed by atoms with Gasteiger partial charge in [0.05, 0.1) is 16.8 Å². The molecule has 3 aromatic rings. The van der Waals surface area contributed by atoms with E-state index in [2.05, 4.69) is 10.3 Å². The van der Waals surface area contributed by atoms with Crippen LogP contribution in [0.25, 0.3) is 0 Å². The summed E-state index contributed by atoms with van der Waals surface area (Å²) in [5.41, 5.74) is 2.04. The zero-order valence-electron chi connectivity index (χ0n) is 16.5. The van der Waals surface area contributed by atoms with E-state index in [1.165, 1.54) is 17.4 Å². The Hall–Kier alpha value is -2.87. The average Bonchev–Trinajstić information content (AvgIpc) is 3.24. The summed E-state index contributed by atoms with van der Waals surface area (Å²) in [5.74, 6) is 0.210. The van der Waals surface area contributed by atoms with Crippen LogP contribution in [-0.2, 0) is 18.2 Å². The number of aromatic nitrogens is 1. The maximum atomic E-state index is 13.0. The van der Waals surface area contributed by atoms with Crippen molar-refractivity contribution < 1.29 is 22.7 Å². The van der Waals surface area contributed by atoms with E-state index in [1.807, 2.05) is 5.38 Å². The monoisotopic (exact) mass is 434 g/mol. The molecule has 0 spiro atoms. The lowest BCUT2D eigenvalue weighted by molar-refractivity contribution is -0.137. The van der Waals surface area contributed by atoms with Crippen molar-refractivity contribution >= 4 is 17.2 Å². The van der Waals surface area contributed by atoms with Gasteiger partial charge in [-0.05, 0) is 29.8 Å². The summed E-state index contributed by atoms with van der Waals surface area (Å²) in [5, 5.41) is 4.69. The van der Waals surface area contributed by atoms with E-state index in [0.717, 1.165) is 17.8 Å². The molecule has 0 saturated heterocycles. The van der Waals surface area contributed by atoms with Gasteiger partial charge in [-0.1, -0.05) is 38.1 Å². The Morgan fingerprint density at radius 1 is 1.10 bits per heavy atom. The van der Waals surface area contributed by atoms with Crippen molar-refractivity contribution in [3.8, 4) is 5.75 Å². The van der Waals surface area contributed by atoms with E-state index >= 15 is 0 Å². The minimum atomic E-state index is -4.41. The summed E-state index contributed by atoms with van der Waals surface area (Å²) >= 11 is 1.47. The molecule has 158 valence electrons.